The van der Waals surface area contributed by atoms with Crippen molar-refractivity contribution in [2.75, 3.05) is 0 Å². The Morgan fingerprint density at radius 1 is 1.07 bits per heavy atom. The van der Waals surface area contributed by atoms with Crippen molar-refractivity contribution >= 4 is 15.9 Å². The first-order valence-corrected chi connectivity index (χ1v) is 6.80. The molecule has 0 aromatic heterocycles. The highest BCUT2D eigenvalue weighted by Crippen LogP contribution is 2.21. The van der Waals surface area contributed by atoms with Gasteiger partial charge < -0.3 is 0 Å². The van der Waals surface area contributed by atoms with Crippen LogP contribution in [0.1, 0.15) is 38.3 Å². The predicted molar refractivity (Wildman–Crippen MR) is 71.7 cm³/mol. The molecule has 0 radical (unpaired) electrons. The summed E-state index contributed by atoms with van der Waals surface area (Å²) in [7, 11) is 0. The van der Waals surface area contributed by atoms with E-state index in [2.05, 4.69) is 61.0 Å². The van der Waals surface area contributed by atoms with Crippen LogP contribution in [0.2, 0.25) is 0 Å². The SMILES string of the molecule is CCc1ccc(CC(CC)C(C)Br)cc1. The molecule has 1 heteroatoms. The fourth-order valence-corrected chi connectivity index (χ4v) is 2.41. The Labute approximate surface area is 102 Å². The number of alkyl halides is 1. The number of halogens is 1. The lowest BCUT2D eigenvalue weighted by Gasteiger charge is -2.17. The zero-order chi connectivity index (χ0) is 11.3. The van der Waals surface area contributed by atoms with E-state index in [1.807, 2.05) is 0 Å². The van der Waals surface area contributed by atoms with Gasteiger partial charge in [-0.2, -0.15) is 0 Å². The minimum Gasteiger partial charge on any atom is -0.0891 e. The third-order valence-corrected chi connectivity index (χ3v) is 3.85. The predicted octanol–water partition coefficient (Wildman–Crippen LogP) is 4.60. The Hall–Kier alpha value is -0.300. The number of benzene rings is 1. The minimum atomic E-state index is 0.605. The van der Waals surface area contributed by atoms with Gasteiger partial charge in [0.15, 0.2) is 0 Å². The van der Waals surface area contributed by atoms with E-state index in [1.165, 1.54) is 24.0 Å². The first kappa shape index (κ1) is 12.8. The average Bonchev–Trinajstić information content (AvgIpc) is 2.26. The van der Waals surface area contributed by atoms with Crippen LogP contribution in [-0.2, 0) is 12.8 Å². The number of hydrogen-bond acceptors (Lipinski definition) is 0. The Morgan fingerprint density at radius 3 is 2.00 bits per heavy atom. The second-order valence-corrected chi connectivity index (χ2v) is 5.66. The molecule has 0 bridgehead atoms. The number of rotatable bonds is 5. The Morgan fingerprint density at radius 2 is 1.60 bits per heavy atom. The first-order chi connectivity index (χ1) is 7.17. The van der Waals surface area contributed by atoms with Crippen LogP contribution in [0.25, 0.3) is 0 Å². The summed E-state index contributed by atoms with van der Waals surface area (Å²) in [6, 6.07) is 9.05. The van der Waals surface area contributed by atoms with E-state index < -0.39 is 0 Å². The van der Waals surface area contributed by atoms with Gasteiger partial charge in [0.25, 0.3) is 0 Å². The molecule has 0 fully saturated rings. The van der Waals surface area contributed by atoms with Crippen molar-refractivity contribution in [1.29, 1.82) is 0 Å². The molecule has 0 aliphatic heterocycles. The molecule has 15 heavy (non-hydrogen) atoms. The van der Waals surface area contributed by atoms with Crippen LogP contribution in [0, 0.1) is 5.92 Å². The molecule has 0 heterocycles. The zero-order valence-electron chi connectivity index (χ0n) is 9.96. The van der Waals surface area contributed by atoms with Gasteiger partial charge in [0.1, 0.15) is 0 Å². The van der Waals surface area contributed by atoms with E-state index in [-0.39, 0.29) is 0 Å². The monoisotopic (exact) mass is 268 g/mol. The van der Waals surface area contributed by atoms with E-state index in [4.69, 9.17) is 0 Å². The molecule has 0 saturated heterocycles. The van der Waals surface area contributed by atoms with Crippen molar-refractivity contribution in [3.8, 4) is 0 Å². The maximum absolute atomic E-state index is 3.69. The van der Waals surface area contributed by atoms with Gasteiger partial charge in [-0.3, -0.25) is 0 Å². The molecule has 0 N–H and O–H groups in total. The van der Waals surface area contributed by atoms with Crippen molar-refractivity contribution in [3.63, 3.8) is 0 Å². The molecule has 1 aromatic carbocycles. The van der Waals surface area contributed by atoms with Gasteiger partial charge in [-0.05, 0) is 29.9 Å². The summed E-state index contributed by atoms with van der Waals surface area (Å²) < 4.78 is 0. The molecule has 1 rings (SSSR count). The first-order valence-electron chi connectivity index (χ1n) is 5.89. The molecular formula is C14H21Br. The van der Waals surface area contributed by atoms with Gasteiger partial charge in [-0.1, -0.05) is 67.4 Å². The van der Waals surface area contributed by atoms with Crippen LogP contribution < -0.4 is 0 Å². The van der Waals surface area contributed by atoms with Crippen molar-refractivity contribution < 1.29 is 0 Å². The Kier molecular flexibility index (Phi) is 5.38. The van der Waals surface area contributed by atoms with E-state index >= 15 is 0 Å². The van der Waals surface area contributed by atoms with Gasteiger partial charge in [-0.15, -0.1) is 0 Å². The second-order valence-electron chi connectivity index (χ2n) is 4.22. The van der Waals surface area contributed by atoms with Crippen molar-refractivity contribution in [2.45, 2.75) is 44.9 Å². The molecule has 0 aliphatic rings. The van der Waals surface area contributed by atoms with Gasteiger partial charge in [-0.25, -0.2) is 0 Å². The molecule has 0 nitrogen and oxygen atoms in total. The second kappa shape index (κ2) is 6.32. The van der Waals surface area contributed by atoms with Crippen molar-refractivity contribution in [2.24, 2.45) is 5.92 Å². The van der Waals surface area contributed by atoms with E-state index in [0.29, 0.717) is 4.83 Å². The lowest BCUT2D eigenvalue weighted by Crippen LogP contribution is -2.12. The fraction of sp³-hybridized carbons (Fsp3) is 0.571. The largest absolute Gasteiger partial charge is 0.0891 e. The van der Waals surface area contributed by atoms with Crippen molar-refractivity contribution in [3.05, 3.63) is 35.4 Å². The van der Waals surface area contributed by atoms with Gasteiger partial charge in [0.05, 0.1) is 0 Å². The van der Waals surface area contributed by atoms with Gasteiger partial charge in [0, 0.05) is 4.83 Å². The highest BCUT2D eigenvalue weighted by atomic mass is 79.9. The molecule has 1 aromatic rings. The summed E-state index contributed by atoms with van der Waals surface area (Å²) in [6.45, 7) is 6.71. The molecule has 0 amide bonds. The van der Waals surface area contributed by atoms with Crippen LogP contribution >= 0.6 is 15.9 Å². The summed E-state index contributed by atoms with van der Waals surface area (Å²) in [4.78, 5) is 0.605. The standard InChI is InChI=1S/C14H21Br/c1-4-12-6-8-13(9-7-12)10-14(5-2)11(3)15/h6-9,11,14H,4-5,10H2,1-3H3. The summed E-state index contributed by atoms with van der Waals surface area (Å²) in [5, 5.41) is 0. The fourth-order valence-electron chi connectivity index (χ4n) is 1.85. The van der Waals surface area contributed by atoms with E-state index in [9.17, 15) is 0 Å². The van der Waals surface area contributed by atoms with Gasteiger partial charge in [0.2, 0.25) is 0 Å². The molecule has 0 aliphatic carbocycles. The average molecular weight is 269 g/mol. The van der Waals surface area contributed by atoms with E-state index in [1.54, 1.807) is 0 Å². The third-order valence-electron chi connectivity index (χ3n) is 3.10. The molecule has 0 saturated carbocycles. The minimum absolute atomic E-state index is 0.605. The molecular weight excluding hydrogens is 248 g/mol. The summed E-state index contributed by atoms with van der Waals surface area (Å²) >= 11 is 3.69. The topological polar surface area (TPSA) is 0 Å². The highest BCUT2D eigenvalue weighted by molar-refractivity contribution is 9.09. The lowest BCUT2D eigenvalue weighted by atomic mass is 9.94. The Balaban J connectivity index is 2.63. The maximum atomic E-state index is 3.69. The normalized spacial score (nSPS) is 14.9. The van der Waals surface area contributed by atoms with Crippen LogP contribution in [-0.4, -0.2) is 4.83 Å². The molecule has 0 spiro atoms. The lowest BCUT2D eigenvalue weighted by molar-refractivity contribution is 0.508. The maximum Gasteiger partial charge on any atom is 0.0148 e. The summed E-state index contributed by atoms with van der Waals surface area (Å²) in [6.07, 6.45) is 3.56. The molecule has 2 atom stereocenters. The van der Waals surface area contributed by atoms with Crippen molar-refractivity contribution in [1.82, 2.24) is 0 Å². The zero-order valence-corrected chi connectivity index (χ0v) is 11.5. The quantitative estimate of drug-likeness (QED) is 0.685. The molecule has 84 valence electrons. The number of aryl methyl sites for hydroxylation is 1. The summed E-state index contributed by atoms with van der Waals surface area (Å²) in [5.74, 6) is 0.748. The van der Waals surface area contributed by atoms with Crippen LogP contribution in [0.5, 0.6) is 0 Å². The van der Waals surface area contributed by atoms with Crippen LogP contribution in [0.3, 0.4) is 0 Å². The number of hydrogen-bond donors (Lipinski definition) is 0. The third kappa shape index (κ3) is 3.98. The summed E-state index contributed by atoms with van der Waals surface area (Å²) in [5.41, 5.74) is 2.89. The van der Waals surface area contributed by atoms with Gasteiger partial charge >= 0.3 is 0 Å². The smallest absolute Gasteiger partial charge is 0.0148 e. The Bertz CT molecular complexity index is 274. The van der Waals surface area contributed by atoms with Crippen LogP contribution in [0.15, 0.2) is 24.3 Å². The highest BCUT2D eigenvalue weighted by Gasteiger charge is 2.12. The molecule has 2 unspecified atom stereocenters. The van der Waals surface area contributed by atoms with E-state index in [0.717, 1.165) is 12.3 Å². The van der Waals surface area contributed by atoms with Crippen LogP contribution in [0.4, 0.5) is 0 Å².